The number of ether oxygens (including phenoxy) is 1. The maximum absolute atomic E-state index is 13.1. The van der Waals surface area contributed by atoms with Crippen molar-refractivity contribution in [3.8, 4) is 5.75 Å². The van der Waals surface area contributed by atoms with Gasteiger partial charge in [-0.1, -0.05) is 17.3 Å². The van der Waals surface area contributed by atoms with Crippen LogP contribution < -0.4 is 10.1 Å². The molecule has 1 aliphatic heterocycles. The molecule has 1 aromatic carbocycles. The van der Waals surface area contributed by atoms with E-state index in [-0.39, 0.29) is 11.9 Å². The number of carbonyl (C=O) groups is 1. The molecule has 3 heterocycles. The van der Waals surface area contributed by atoms with Crippen molar-refractivity contribution in [1.29, 1.82) is 0 Å². The van der Waals surface area contributed by atoms with Crippen molar-refractivity contribution in [1.82, 2.24) is 20.4 Å². The van der Waals surface area contributed by atoms with Crippen molar-refractivity contribution in [2.75, 3.05) is 27.2 Å². The minimum absolute atomic E-state index is 0.112. The lowest BCUT2D eigenvalue weighted by molar-refractivity contribution is 0.0892. The van der Waals surface area contributed by atoms with Gasteiger partial charge in [0.15, 0.2) is 0 Å². The smallest absolute Gasteiger partial charge is 0.258 e. The quantitative estimate of drug-likeness (QED) is 0.694. The van der Waals surface area contributed by atoms with E-state index in [4.69, 9.17) is 9.26 Å². The van der Waals surface area contributed by atoms with Crippen molar-refractivity contribution in [2.24, 2.45) is 5.92 Å². The van der Waals surface area contributed by atoms with E-state index in [2.05, 4.69) is 39.5 Å². The summed E-state index contributed by atoms with van der Waals surface area (Å²) in [6.07, 6.45) is 2.19. The van der Waals surface area contributed by atoms with Gasteiger partial charge in [0.05, 0.1) is 23.8 Å². The Balaban J connectivity index is 1.54. The Bertz CT molecular complexity index is 1040. The van der Waals surface area contributed by atoms with Crippen molar-refractivity contribution in [2.45, 2.75) is 32.7 Å². The Morgan fingerprint density at radius 3 is 2.80 bits per heavy atom. The van der Waals surface area contributed by atoms with E-state index < -0.39 is 0 Å². The number of carbonyl (C=O) groups excluding carboxylic acids is 1. The highest BCUT2D eigenvalue weighted by atomic mass is 16.5. The summed E-state index contributed by atoms with van der Waals surface area (Å²) in [6.45, 7) is 5.33. The summed E-state index contributed by atoms with van der Waals surface area (Å²) >= 11 is 0. The summed E-state index contributed by atoms with van der Waals surface area (Å²) in [7, 11) is 3.83. The summed E-state index contributed by atoms with van der Waals surface area (Å²) < 4.78 is 10.6. The number of fused-ring (bicyclic) bond motifs is 1. The van der Waals surface area contributed by atoms with E-state index in [9.17, 15) is 4.79 Å². The van der Waals surface area contributed by atoms with E-state index in [1.54, 1.807) is 13.2 Å². The number of pyridine rings is 1. The highest BCUT2D eigenvalue weighted by Crippen LogP contribution is 2.35. The Kier molecular flexibility index (Phi) is 5.72. The number of rotatable bonds is 5. The Morgan fingerprint density at radius 2 is 2.07 bits per heavy atom. The molecule has 4 rings (SSSR count). The van der Waals surface area contributed by atoms with Gasteiger partial charge in [-0.05, 0) is 70.0 Å². The minimum Gasteiger partial charge on any atom is -0.497 e. The third-order valence-corrected chi connectivity index (χ3v) is 5.98. The fourth-order valence-electron chi connectivity index (χ4n) is 4.52. The number of benzene rings is 1. The van der Waals surface area contributed by atoms with Crippen LogP contribution in [0, 0.1) is 19.8 Å². The lowest BCUT2D eigenvalue weighted by atomic mass is 9.84. The number of aromatic nitrogens is 2. The molecular weight excluding hydrogens is 380 g/mol. The molecule has 0 radical (unpaired) electrons. The van der Waals surface area contributed by atoms with Crippen LogP contribution in [0.5, 0.6) is 5.75 Å². The van der Waals surface area contributed by atoms with Gasteiger partial charge in [0, 0.05) is 18.3 Å². The molecule has 1 aliphatic rings. The van der Waals surface area contributed by atoms with Crippen molar-refractivity contribution in [3.63, 3.8) is 0 Å². The third kappa shape index (κ3) is 3.89. The number of nitrogens with zero attached hydrogens (tertiary/aromatic N) is 3. The first-order chi connectivity index (χ1) is 14.5. The van der Waals surface area contributed by atoms with Crippen molar-refractivity contribution in [3.05, 3.63) is 52.8 Å². The highest BCUT2D eigenvalue weighted by Gasteiger charge is 2.31. The molecule has 1 fully saturated rings. The van der Waals surface area contributed by atoms with Crippen LogP contribution in [0.4, 0.5) is 0 Å². The van der Waals surface area contributed by atoms with E-state index in [1.165, 1.54) is 5.56 Å². The molecule has 2 aromatic heterocycles. The fraction of sp³-hybridized carbons (Fsp3) is 0.435. The lowest BCUT2D eigenvalue weighted by Crippen LogP contribution is -2.41. The van der Waals surface area contributed by atoms with Gasteiger partial charge in [-0.3, -0.25) is 9.69 Å². The highest BCUT2D eigenvalue weighted by molar-refractivity contribution is 6.06. The first-order valence-corrected chi connectivity index (χ1v) is 10.3. The van der Waals surface area contributed by atoms with Gasteiger partial charge in [0.1, 0.15) is 5.75 Å². The fourth-order valence-corrected chi connectivity index (χ4v) is 4.52. The maximum Gasteiger partial charge on any atom is 0.258 e. The average Bonchev–Trinajstić information content (AvgIpc) is 3.12. The van der Waals surface area contributed by atoms with Gasteiger partial charge in [-0.25, -0.2) is 4.98 Å². The van der Waals surface area contributed by atoms with Crippen LogP contribution in [0.3, 0.4) is 0 Å². The van der Waals surface area contributed by atoms with Crippen LogP contribution >= 0.6 is 0 Å². The zero-order chi connectivity index (χ0) is 21.3. The predicted molar refractivity (Wildman–Crippen MR) is 115 cm³/mol. The summed E-state index contributed by atoms with van der Waals surface area (Å²) in [5.74, 6) is 1.06. The molecule has 7 nitrogen and oxygen atoms in total. The molecule has 2 atom stereocenters. The van der Waals surface area contributed by atoms with Crippen LogP contribution in [0.25, 0.3) is 11.1 Å². The van der Waals surface area contributed by atoms with Crippen LogP contribution in [-0.2, 0) is 0 Å². The molecule has 3 aromatic rings. The van der Waals surface area contributed by atoms with Gasteiger partial charge >= 0.3 is 0 Å². The van der Waals surface area contributed by atoms with Gasteiger partial charge in [0.2, 0.25) is 0 Å². The predicted octanol–water partition coefficient (Wildman–Crippen LogP) is 3.66. The van der Waals surface area contributed by atoms with Gasteiger partial charge < -0.3 is 14.6 Å². The number of aryl methyl sites for hydroxylation is 2. The molecule has 30 heavy (non-hydrogen) atoms. The number of hydrogen-bond donors (Lipinski definition) is 1. The number of piperidine rings is 1. The molecule has 7 heteroatoms. The topological polar surface area (TPSA) is 80.5 Å². The van der Waals surface area contributed by atoms with Crippen molar-refractivity contribution >= 4 is 17.0 Å². The summed E-state index contributed by atoms with van der Waals surface area (Å²) in [5.41, 5.74) is 3.63. The molecule has 0 spiro atoms. The molecule has 1 N–H and O–H groups in total. The molecule has 0 bridgehead atoms. The standard InChI is InChI=1S/C23H28N4O3/c1-14-12-19(20-15(2)26-30-23(20)25-14)22(28)24-13-17-6-5-11-27(3)21(17)16-7-9-18(29-4)10-8-16/h7-10,12,17,21H,5-6,11,13H2,1-4H3,(H,24,28). The van der Waals surface area contributed by atoms with Crippen LogP contribution in [0.2, 0.25) is 0 Å². The monoisotopic (exact) mass is 408 g/mol. The zero-order valence-corrected chi connectivity index (χ0v) is 17.9. The number of hydrogen-bond acceptors (Lipinski definition) is 6. The van der Waals surface area contributed by atoms with E-state index in [0.717, 1.165) is 30.8 Å². The average molecular weight is 409 g/mol. The third-order valence-electron chi connectivity index (χ3n) is 5.98. The first kappa shape index (κ1) is 20.3. The molecule has 0 saturated carbocycles. The minimum atomic E-state index is -0.112. The summed E-state index contributed by atoms with van der Waals surface area (Å²) in [5, 5.41) is 7.82. The van der Waals surface area contributed by atoms with Gasteiger partial charge in [0.25, 0.3) is 11.6 Å². The maximum atomic E-state index is 13.1. The van der Waals surface area contributed by atoms with Gasteiger partial charge in [-0.2, -0.15) is 0 Å². The van der Waals surface area contributed by atoms with Crippen LogP contribution in [-0.4, -0.2) is 48.2 Å². The Labute approximate surface area is 176 Å². The Hall–Kier alpha value is -2.93. The van der Waals surface area contributed by atoms with Gasteiger partial charge in [-0.15, -0.1) is 0 Å². The molecular formula is C23H28N4O3. The number of amides is 1. The van der Waals surface area contributed by atoms with Crippen LogP contribution in [0.1, 0.15) is 46.2 Å². The Morgan fingerprint density at radius 1 is 1.30 bits per heavy atom. The van der Waals surface area contributed by atoms with Crippen molar-refractivity contribution < 1.29 is 14.1 Å². The second-order valence-electron chi connectivity index (χ2n) is 8.07. The lowest BCUT2D eigenvalue weighted by Gasteiger charge is -2.39. The number of likely N-dealkylation sites (tertiary alicyclic amines) is 1. The van der Waals surface area contributed by atoms with E-state index >= 15 is 0 Å². The van der Waals surface area contributed by atoms with E-state index in [1.807, 2.05) is 26.0 Å². The molecule has 2 unspecified atom stereocenters. The zero-order valence-electron chi connectivity index (χ0n) is 17.9. The first-order valence-electron chi connectivity index (χ1n) is 10.3. The SMILES string of the molecule is COc1ccc(C2C(CNC(=O)c3cc(C)nc4onc(C)c34)CCCN2C)cc1. The normalized spacial score (nSPS) is 19.7. The molecule has 158 valence electrons. The molecule has 1 amide bonds. The summed E-state index contributed by atoms with van der Waals surface area (Å²) in [6, 6.07) is 10.3. The second kappa shape index (κ2) is 8.44. The number of methoxy groups -OCH3 is 1. The molecule has 0 aliphatic carbocycles. The summed E-state index contributed by atoms with van der Waals surface area (Å²) in [4.78, 5) is 19.8. The van der Waals surface area contributed by atoms with E-state index in [0.29, 0.717) is 34.8 Å². The molecule has 1 saturated heterocycles. The second-order valence-corrected chi connectivity index (χ2v) is 8.07. The van der Waals surface area contributed by atoms with Crippen LogP contribution in [0.15, 0.2) is 34.9 Å². The largest absolute Gasteiger partial charge is 0.497 e. The number of nitrogens with one attached hydrogen (secondary N) is 1.